The van der Waals surface area contributed by atoms with Crippen LogP contribution in [-0.2, 0) is 4.79 Å². The Balaban J connectivity index is 2.33. The summed E-state index contributed by atoms with van der Waals surface area (Å²) < 4.78 is 5.55. The van der Waals surface area contributed by atoms with Crippen LogP contribution in [0, 0.1) is 0 Å². The van der Waals surface area contributed by atoms with Crippen LogP contribution in [0.5, 0.6) is 5.75 Å². The lowest BCUT2D eigenvalue weighted by Crippen LogP contribution is -1.94. The van der Waals surface area contributed by atoms with Crippen LogP contribution in [0.2, 0.25) is 0 Å². The first-order valence-corrected chi connectivity index (χ1v) is 6.92. The fourth-order valence-electron chi connectivity index (χ4n) is 1.77. The Morgan fingerprint density at radius 1 is 1.28 bits per heavy atom. The number of thioether (sulfide) groups is 1. The summed E-state index contributed by atoms with van der Waals surface area (Å²) in [6.07, 6.45) is 4.78. The molecule has 1 heterocycles. The average Bonchev–Trinajstić information content (AvgIpc) is 2.73. The zero-order chi connectivity index (χ0) is 13.0. The van der Waals surface area contributed by atoms with Gasteiger partial charge in [-0.05, 0) is 36.5 Å². The number of benzene rings is 1. The van der Waals surface area contributed by atoms with Gasteiger partial charge in [0.05, 0.1) is 6.61 Å². The van der Waals surface area contributed by atoms with E-state index in [4.69, 9.17) is 4.74 Å². The molecule has 2 nitrogen and oxygen atoms in total. The van der Waals surface area contributed by atoms with Gasteiger partial charge in [-0.25, -0.2) is 0 Å². The summed E-state index contributed by atoms with van der Waals surface area (Å²) in [5.74, 6) is 0.823. The van der Waals surface area contributed by atoms with E-state index in [2.05, 4.69) is 6.92 Å². The Morgan fingerprint density at radius 3 is 2.72 bits per heavy atom. The molecule has 1 aliphatic heterocycles. The normalized spacial score (nSPS) is 17.1. The highest BCUT2D eigenvalue weighted by Crippen LogP contribution is 2.34. The van der Waals surface area contributed by atoms with Crippen LogP contribution < -0.4 is 4.74 Å². The summed E-state index contributed by atoms with van der Waals surface area (Å²) >= 11 is 1.33. The van der Waals surface area contributed by atoms with Crippen LogP contribution in [0.25, 0.3) is 6.08 Å². The zero-order valence-corrected chi connectivity index (χ0v) is 11.4. The van der Waals surface area contributed by atoms with Gasteiger partial charge in [0.25, 0.3) is 0 Å². The molecule has 3 heteroatoms. The highest BCUT2D eigenvalue weighted by atomic mass is 32.2. The van der Waals surface area contributed by atoms with Crippen molar-refractivity contribution in [2.45, 2.75) is 20.3 Å². The van der Waals surface area contributed by atoms with E-state index in [1.54, 1.807) is 0 Å². The van der Waals surface area contributed by atoms with E-state index in [1.165, 1.54) is 11.8 Å². The van der Waals surface area contributed by atoms with E-state index < -0.39 is 0 Å². The molecule has 1 aromatic rings. The second-order valence-corrected chi connectivity index (χ2v) is 5.02. The number of para-hydroxylation sites is 1. The van der Waals surface area contributed by atoms with Gasteiger partial charge in [-0.3, -0.25) is 4.79 Å². The maximum Gasteiger partial charge on any atom is 0.223 e. The minimum Gasteiger partial charge on any atom is -0.493 e. The summed E-state index contributed by atoms with van der Waals surface area (Å²) in [5.41, 5.74) is 1.71. The van der Waals surface area contributed by atoms with Gasteiger partial charge in [-0.2, -0.15) is 0 Å². The highest BCUT2D eigenvalue weighted by molar-refractivity contribution is 8.17. The van der Waals surface area contributed by atoms with Crippen molar-refractivity contribution in [2.24, 2.45) is 0 Å². The smallest absolute Gasteiger partial charge is 0.223 e. The van der Waals surface area contributed by atoms with Gasteiger partial charge < -0.3 is 4.74 Å². The molecule has 18 heavy (non-hydrogen) atoms. The topological polar surface area (TPSA) is 26.3 Å². The molecule has 0 aliphatic carbocycles. The van der Waals surface area contributed by atoms with E-state index in [0.717, 1.165) is 28.2 Å². The molecule has 0 N–H and O–H groups in total. The summed E-state index contributed by atoms with van der Waals surface area (Å²) in [7, 11) is 0. The van der Waals surface area contributed by atoms with Gasteiger partial charge >= 0.3 is 0 Å². The molecule has 0 saturated carbocycles. The third kappa shape index (κ3) is 2.85. The van der Waals surface area contributed by atoms with Crippen LogP contribution in [0.3, 0.4) is 0 Å². The van der Waals surface area contributed by atoms with E-state index in [0.29, 0.717) is 6.61 Å². The quantitative estimate of drug-likeness (QED) is 0.764. The minimum atomic E-state index is 0.123. The maximum atomic E-state index is 11.8. The lowest BCUT2D eigenvalue weighted by atomic mass is 10.1. The first-order valence-electron chi connectivity index (χ1n) is 6.10. The molecule has 1 aliphatic rings. The van der Waals surface area contributed by atoms with E-state index in [9.17, 15) is 4.79 Å². The number of rotatable bonds is 4. The number of carbonyl (C=O) groups is 1. The van der Waals surface area contributed by atoms with Gasteiger partial charge in [0, 0.05) is 11.1 Å². The van der Waals surface area contributed by atoms with Crippen molar-refractivity contribution >= 4 is 23.0 Å². The largest absolute Gasteiger partial charge is 0.493 e. The van der Waals surface area contributed by atoms with Gasteiger partial charge in [-0.15, -0.1) is 0 Å². The fraction of sp³-hybridized carbons (Fsp3) is 0.267. The highest BCUT2D eigenvalue weighted by Gasteiger charge is 2.18. The summed E-state index contributed by atoms with van der Waals surface area (Å²) in [6.45, 7) is 4.64. The van der Waals surface area contributed by atoms with Crippen molar-refractivity contribution in [3.05, 3.63) is 46.4 Å². The first-order chi connectivity index (χ1) is 8.74. The first kappa shape index (κ1) is 13.0. The van der Waals surface area contributed by atoms with Crippen LogP contribution in [0.1, 0.15) is 25.8 Å². The number of allylic oxidation sites excluding steroid dienone is 2. The molecule has 0 unspecified atom stereocenters. The third-order valence-electron chi connectivity index (χ3n) is 2.65. The minimum absolute atomic E-state index is 0.123. The van der Waals surface area contributed by atoms with Crippen LogP contribution in [0.4, 0.5) is 0 Å². The molecule has 0 bridgehead atoms. The van der Waals surface area contributed by atoms with E-state index in [-0.39, 0.29) is 5.12 Å². The van der Waals surface area contributed by atoms with Crippen molar-refractivity contribution < 1.29 is 9.53 Å². The number of ether oxygens (including phenoxy) is 1. The molecule has 0 saturated heterocycles. The van der Waals surface area contributed by atoms with Gasteiger partial charge in [0.15, 0.2) is 0 Å². The van der Waals surface area contributed by atoms with E-state index >= 15 is 0 Å². The summed E-state index contributed by atoms with van der Waals surface area (Å²) in [6, 6.07) is 7.78. The van der Waals surface area contributed by atoms with Gasteiger partial charge in [0.2, 0.25) is 5.12 Å². The Bertz CT molecular complexity index is 515. The second-order valence-electron chi connectivity index (χ2n) is 3.92. The van der Waals surface area contributed by atoms with Crippen molar-refractivity contribution in [2.75, 3.05) is 6.61 Å². The average molecular weight is 260 g/mol. The Morgan fingerprint density at radius 2 is 2.06 bits per heavy atom. The molecule has 0 fully saturated rings. The lowest BCUT2D eigenvalue weighted by Gasteiger charge is -2.06. The fourth-order valence-corrected chi connectivity index (χ4v) is 2.57. The molecule has 94 valence electrons. The summed E-state index contributed by atoms with van der Waals surface area (Å²) in [4.78, 5) is 12.9. The standard InChI is InChI=1S/C15H16O2S/c1-3-13-10-12(15(16)18-13)9-11-7-5-6-8-14(11)17-4-2/h5-10H,3-4H2,1-2H3. The predicted octanol–water partition coefficient (Wildman–Crippen LogP) is 4.04. The molecular weight excluding hydrogens is 244 g/mol. The Kier molecular flexibility index (Phi) is 4.26. The zero-order valence-electron chi connectivity index (χ0n) is 10.6. The molecule has 0 radical (unpaired) electrons. The SMILES string of the molecule is CCOc1ccccc1C=C1C=C(CC)SC1=O. The summed E-state index contributed by atoms with van der Waals surface area (Å²) in [5, 5.41) is 0.123. The predicted molar refractivity (Wildman–Crippen MR) is 76.6 cm³/mol. The van der Waals surface area contributed by atoms with Crippen molar-refractivity contribution in [3.63, 3.8) is 0 Å². The van der Waals surface area contributed by atoms with Crippen molar-refractivity contribution in [1.82, 2.24) is 0 Å². The molecule has 1 aromatic carbocycles. The molecule has 0 aromatic heterocycles. The van der Waals surface area contributed by atoms with Crippen LogP contribution in [-0.4, -0.2) is 11.7 Å². The molecule has 0 spiro atoms. The number of hydrogen-bond donors (Lipinski definition) is 0. The molecular formula is C15H16O2S. The molecule has 2 rings (SSSR count). The monoisotopic (exact) mass is 260 g/mol. The maximum absolute atomic E-state index is 11.8. The van der Waals surface area contributed by atoms with Crippen LogP contribution in [0.15, 0.2) is 40.8 Å². The second kappa shape index (κ2) is 5.91. The number of hydrogen-bond acceptors (Lipinski definition) is 3. The van der Waals surface area contributed by atoms with Crippen molar-refractivity contribution in [3.8, 4) is 5.75 Å². The molecule has 0 amide bonds. The molecule has 0 atom stereocenters. The third-order valence-corrected chi connectivity index (χ3v) is 3.74. The Hall–Kier alpha value is -1.48. The number of carbonyl (C=O) groups excluding carboxylic acids is 1. The van der Waals surface area contributed by atoms with Gasteiger partial charge in [-0.1, -0.05) is 36.9 Å². The van der Waals surface area contributed by atoms with Gasteiger partial charge in [0.1, 0.15) is 5.75 Å². The van der Waals surface area contributed by atoms with Crippen molar-refractivity contribution in [1.29, 1.82) is 0 Å². The lowest BCUT2D eigenvalue weighted by molar-refractivity contribution is -0.107. The van der Waals surface area contributed by atoms with Crippen LogP contribution >= 0.6 is 11.8 Å². The van der Waals surface area contributed by atoms with E-state index in [1.807, 2.05) is 43.3 Å². The Labute approximate surface area is 112 Å².